The summed E-state index contributed by atoms with van der Waals surface area (Å²) in [7, 11) is 1.90. The molecule has 1 fully saturated rings. The minimum atomic E-state index is -2.42. The van der Waals surface area contributed by atoms with Crippen LogP contribution in [-0.2, 0) is 4.79 Å². The molecule has 1 aliphatic heterocycles. The van der Waals surface area contributed by atoms with E-state index in [0.29, 0.717) is 6.54 Å². The van der Waals surface area contributed by atoms with Crippen molar-refractivity contribution in [2.24, 2.45) is 5.92 Å². The topological polar surface area (TPSA) is 65.1 Å². The fraction of sp³-hybridized carbons (Fsp3) is 0.562. The smallest absolute Gasteiger partial charge is 0.239 e. The average Bonchev–Trinajstić information content (AvgIpc) is 3.07. The molecular formula is C16H21F2N5O. The van der Waals surface area contributed by atoms with Crippen LogP contribution < -0.4 is 5.01 Å². The van der Waals surface area contributed by atoms with Gasteiger partial charge in [-0.2, -0.15) is 0 Å². The number of piperidine rings is 1. The molecule has 0 amide bonds. The Morgan fingerprint density at radius 1 is 1.50 bits per heavy atom. The Labute approximate surface area is 138 Å². The van der Waals surface area contributed by atoms with E-state index in [0.717, 1.165) is 36.2 Å². The number of carbonyl (C=O) groups excluding carboxylic acids is 1. The molecule has 0 aliphatic carbocycles. The highest BCUT2D eigenvalue weighted by Crippen LogP contribution is 2.26. The van der Waals surface area contributed by atoms with Gasteiger partial charge in [0.15, 0.2) is 5.82 Å². The second kappa shape index (κ2) is 7.21. The molecule has 1 aliphatic rings. The Morgan fingerprint density at radius 2 is 2.33 bits per heavy atom. The van der Waals surface area contributed by atoms with Crippen LogP contribution in [0.15, 0.2) is 18.6 Å². The van der Waals surface area contributed by atoms with Gasteiger partial charge in [-0.1, -0.05) is 0 Å². The van der Waals surface area contributed by atoms with Gasteiger partial charge in [-0.3, -0.25) is 9.80 Å². The van der Waals surface area contributed by atoms with Crippen LogP contribution in [0, 0.1) is 5.92 Å². The third kappa shape index (κ3) is 3.53. The predicted molar refractivity (Wildman–Crippen MR) is 86.8 cm³/mol. The van der Waals surface area contributed by atoms with Gasteiger partial charge in [0.2, 0.25) is 6.43 Å². The summed E-state index contributed by atoms with van der Waals surface area (Å²) in [4.78, 5) is 23.7. The van der Waals surface area contributed by atoms with Crippen molar-refractivity contribution in [2.75, 3.05) is 25.1 Å². The predicted octanol–water partition coefficient (Wildman–Crippen LogP) is 2.64. The van der Waals surface area contributed by atoms with Crippen molar-refractivity contribution in [3.05, 3.63) is 18.6 Å². The number of Topliss-reactive ketones (excluding diaryl/α,β-unsaturated/α-hetero) is 1. The van der Waals surface area contributed by atoms with Crippen LogP contribution in [0.5, 0.6) is 0 Å². The molecule has 130 valence electrons. The average molecular weight is 337 g/mol. The molecule has 8 heteroatoms. The van der Waals surface area contributed by atoms with E-state index >= 15 is 0 Å². The Morgan fingerprint density at radius 3 is 3.12 bits per heavy atom. The Bertz CT molecular complexity index is 705. The summed E-state index contributed by atoms with van der Waals surface area (Å²) in [6, 6.07) is 1.91. The third-order valence-electron chi connectivity index (χ3n) is 4.53. The summed E-state index contributed by atoms with van der Waals surface area (Å²) in [6.07, 6.45) is 2.12. The highest BCUT2D eigenvalue weighted by atomic mass is 19.3. The van der Waals surface area contributed by atoms with Crippen molar-refractivity contribution in [2.45, 2.75) is 32.1 Å². The molecule has 2 aromatic heterocycles. The monoisotopic (exact) mass is 337 g/mol. The van der Waals surface area contributed by atoms with E-state index in [-0.39, 0.29) is 24.5 Å². The molecule has 0 radical (unpaired) electrons. The summed E-state index contributed by atoms with van der Waals surface area (Å²) in [5.74, 6) is 0.508. The number of nitrogens with one attached hydrogen (secondary N) is 1. The lowest BCUT2D eigenvalue weighted by molar-refractivity contribution is -0.125. The number of fused-ring (bicyclic) bond motifs is 1. The van der Waals surface area contributed by atoms with Gasteiger partial charge in [-0.25, -0.2) is 23.8 Å². The van der Waals surface area contributed by atoms with E-state index in [4.69, 9.17) is 0 Å². The first kappa shape index (κ1) is 16.8. The largest absolute Gasteiger partial charge is 0.346 e. The lowest BCUT2D eigenvalue weighted by atomic mass is 9.92. The van der Waals surface area contributed by atoms with Crippen molar-refractivity contribution < 1.29 is 13.6 Å². The quantitative estimate of drug-likeness (QED) is 0.878. The molecule has 0 saturated carbocycles. The number of aromatic amines is 1. The van der Waals surface area contributed by atoms with Gasteiger partial charge in [0, 0.05) is 45.1 Å². The van der Waals surface area contributed by atoms with Crippen LogP contribution in [0.1, 0.15) is 25.7 Å². The fourth-order valence-corrected chi connectivity index (χ4v) is 3.20. The summed E-state index contributed by atoms with van der Waals surface area (Å²) >= 11 is 0. The van der Waals surface area contributed by atoms with Crippen LogP contribution in [0.2, 0.25) is 0 Å². The lowest BCUT2D eigenvalue weighted by Crippen LogP contribution is -2.48. The van der Waals surface area contributed by atoms with E-state index in [9.17, 15) is 13.6 Å². The summed E-state index contributed by atoms with van der Waals surface area (Å²) in [6.45, 7) is 1.35. The lowest BCUT2D eigenvalue weighted by Gasteiger charge is -2.38. The van der Waals surface area contributed by atoms with Crippen LogP contribution in [-0.4, -0.2) is 52.3 Å². The van der Waals surface area contributed by atoms with Crippen molar-refractivity contribution in [1.82, 2.24) is 20.0 Å². The number of rotatable bonds is 6. The zero-order valence-electron chi connectivity index (χ0n) is 13.6. The number of hydrogen-bond acceptors (Lipinski definition) is 5. The zero-order valence-corrected chi connectivity index (χ0v) is 13.6. The SMILES string of the molecule is CN(c1ncnc2[nH]ccc12)N1CCC[C@H](C(=O)CCC(F)F)C1. The first-order valence-corrected chi connectivity index (χ1v) is 8.14. The van der Waals surface area contributed by atoms with Crippen molar-refractivity contribution >= 4 is 22.6 Å². The molecule has 0 unspecified atom stereocenters. The maximum Gasteiger partial charge on any atom is 0.239 e. The van der Waals surface area contributed by atoms with Gasteiger partial charge in [0.05, 0.1) is 5.39 Å². The first-order chi connectivity index (χ1) is 11.6. The fourth-order valence-electron chi connectivity index (χ4n) is 3.20. The van der Waals surface area contributed by atoms with E-state index in [1.54, 1.807) is 0 Å². The van der Waals surface area contributed by atoms with E-state index < -0.39 is 6.43 Å². The molecule has 1 saturated heterocycles. The molecule has 0 aromatic carbocycles. The number of hydrogen-bond donors (Lipinski definition) is 1. The highest BCUT2D eigenvalue weighted by molar-refractivity contribution is 5.87. The third-order valence-corrected chi connectivity index (χ3v) is 4.53. The van der Waals surface area contributed by atoms with E-state index in [2.05, 4.69) is 20.0 Å². The van der Waals surface area contributed by atoms with Crippen LogP contribution in [0.4, 0.5) is 14.6 Å². The molecule has 6 nitrogen and oxygen atoms in total. The van der Waals surface area contributed by atoms with Gasteiger partial charge in [0.1, 0.15) is 17.8 Å². The number of nitrogens with zero attached hydrogens (tertiary/aromatic N) is 4. The zero-order chi connectivity index (χ0) is 17.1. The molecular weight excluding hydrogens is 316 g/mol. The maximum absolute atomic E-state index is 12.3. The first-order valence-electron chi connectivity index (χ1n) is 8.14. The standard InChI is InChI=1S/C16H21F2N5O/c1-22(16-12-6-7-19-15(12)20-10-21-16)23-8-2-3-11(9-23)13(24)4-5-14(17)18/h6-7,10-11,14H,2-5,8-9H2,1H3,(H,19,20,21)/t11-/m0/s1. The molecule has 3 heterocycles. The molecule has 0 spiro atoms. The number of carbonyl (C=O) groups is 1. The van der Waals surface area contributed by atoms with E-state index in [1.807, 2.05) is 24.3 Å². The van der Waals surface area contributed by atoms with E-state index in [1.165, 1.54) is 6.33 Å². The van der Waals surface area contributed by atoms with Gasteiger partial charge in [-0.15, -0.1) is 0 Å². The normalized spacial score (nSPS) is 19.1. The Hall–Kier alpha value is -2.09. The van der Waals surface area contributed by atoms with Crippen LogP contribution in [0.25, 0.3) is 11.0 Å². The van der Waals surface area contributed by atoms with Gasteiger partial charge >= 0.3 is 0 Å². The second-order valence-corrected chi connectivity index (χ2v) is 6.11. The second-order valence-electron chi connectivity index (χ2n) is 6.11. The molecule has 24 heavy (non-hydrogen) atoms. The van der Waals surface area contributed by atoms with Gasteiger partial charge < -0.3 is 4.98 Å². The van der Waals surface area contributed by atoms with Crippen LogP contribution >= 0.6 is 0 Å². The minimum absolute atomic E-state index is 0.0462. The number of aromatic nitrogens is 3. The number of alkyl halides is 2. The van der Waals surface area contributed by atoms with Gasteiger partial charge in [-0.05, 0) is 18.9 Å². The highest BCUT2D eigenvalue weighted by Gasteiger charge is 2.29. The van der Waals surface area contributed by atoms with Crippen molar-refractivity contribution in [1.29, 1.82) is 0 Å². The maximum atomic E-state index is 12.3. The molecule has 0 bridgehead atoms. The van der Waals surface area contributed by atoms with Crippen LogP contribution in [0.3, 0.4) is 0 Å². The summed E-state index contributed by atoms with van der Waals surface area (Å²) in [5, 5.41) is 4.90. The molecule has 1 N–H and O–H groups in total. The number of H-pyrrole nitrogens is 1. The molecule has 3 rings (SSSR count). The number of anilines is 1. The van der Waals surface area contributed by atoms with Crippen molar-refractivity contribution in [3.8, 4) is 0 Å². The Balaban J connectivity index is 1.70. The molecule has 1 atom stereocenters. The minimum Gasteiger partial charge on any atom is -0.346 e. The molecule has 2 aromatic rings. The van der Waals surface area contributed by atoms with Crippen molar-refractivity contribution in [3.63, 3.8) is 0 Å². The number of halogens is 2. The summed E-state index contributed by atoms with van der Waals surface area (Å²) < 4.78 is 24.6. The Kier molecular flexibility index (Phi) is 5.03. The summed E-state index contributed by atoms with van der Waals surface area (Å²) in [5.41, 5.74) is 0.758. The number of ketones is 1. The number of hydrazine groups is 1. The van der Waals surface area contributed by atoms with Gasteiger partial charge in [0.25, 0.3) is 0 Å².